The van der Waals surface area contributed by atoms with Crippen LogP contribution in [0.1, 0.15) is 26.6 Å². The molecule has 0 radical (unpaired) electrons. The number of benzene rings is 1. The first-order chi connectivity index (χ1) is 9.10. The van der Waals surface area contributed by atoms with Crippen molar-refractivity contribution in [1.29, 1.82) is 0 Å². The van der Waals surface area contributed by atoms with Crippen molar-refractivity contribution in [2.45, 2.75) is 20.4 Å². The summed E-state index contributed by atoms with van der Waals surface area (Å²) in [6, 6.07) is 5.78. The Morgan fingerprint density at radius 2 is 2.16 bits per heavy atom. The predicted molar refractivity (Wildman–Crippen MR) is 78.7 cm³/mol. The molecule has 0 atom stereocenters. The number of nitrogens with one attached hydrogen (secondary N) is 2. The van der Waals surface area contributed by atoms with E-state index in [0.29, 0.717) is 12.1 Å². The van der Waals surface area contributed by atoms with Gasteiger partial charge in [0.15, 0.2) is 0 Å². The average Bonchev–Trinajstić information content (AvgIpc) is 2.81. The number of hydrogen-bond acceptors (Lipinski definition) is 4. The summed E-state index contributed by atoms with van der Waals surface area (Å²) >= 11 is 1.56. The zero-order valence-corrected chi connectivity index (χ0v) is 12.1. The lowest BCUT2D eigenvalue weighted by Crippen LogP contribution is -2.23. The fraction of sp³-hybridized carbons (Fsp3) is 0.286. The molecule has 0 fully saturated rings. The van der Waals surface area contributed by atoms with E-state index >= 15 is 0 Å². The Kier molecular flexibility index (Phi) is 4.16. The molecule has 1 aromatic carbocycles. The molecular weight excluding hydrogens is 258 g/mol. The topological polar surface area (TPSA) is 54.0 Å². The van der Waals surface area contributed by atoms with E-state index in [-0.39, 0.29) is 5.91 Å². The molecule has 19 heavy (non-hydrogen) atoms. The number of nitrogens with zero attached hydrogens (tertiary/aromatic N) is 1. The van der Waals surface area contributed by atoms with Gasteiger partial charge in [0, 0.05) is 23.8 Å². The fourth-order valence-corrected chi connectivity index (χ4v) is 2.51. The molecule has 100 valence electrons. The molecular formula is C14H17N3OS. The summed E-state index contributed by atoms with van der Waals surface area (Å²) < 4.78 is 0. The maximum Gasteiger partial charge on any atom is 0.253 e. The van der Waals surface area contributed by atoms with Crippen molar-refractivity contribution >= 4 is 22.9 Å². The Labute approximate surface area is 116 Å². The molecule has 0 saturated heterocycles. The highest BCUT2D eigenvalue weighted by molar-refractivity contribution is 7.09. The summed E-state index contributed by atoms with van der Waals surface area (Å²) in [6.07, 6.45) is 0. The quantitative estimate of drug-likeness (QED) is 0.902. The van der Waals surface area contributed by atoms with Gasteiger partial charge >= 0.3 is 0 Å². The minimum absolute atomic E-state index is 0.0825. The molecule has 1 amide bonds. The molecule has 0 spiro atoms. The zero-order chi connectivity index (χ0) is 13.8. The molecule has 1 aromatic heterocycles. The number of carbonyl (C=O) groups excluding carboxylic acids is 1. The molecule has 2 rings (SSSR count). The van der Waals surface area contributed by atoms with Crippen LogP contribution in [0, 0.1) is 13.8 Å². The minimum Gasteiger partial charge on any atom is -0.387 e. The SMILES string of the molecule is CNc1ccc(C)cc1C(=O)NCc1nc(C)cs1. The molecule has 0 aliphatic heterocycles. The number of amides is 1. The maximum absolute atomic E-state index is 12.2. The van der Waals surface area contributed by atoms with Crippen molar-refractivity contribution < 1.29 is 4.79 Å². The van der Waals surface area contributed by atoms with Gasteiger partial charge in [-0.2, -0.15) is 0 Å². The molecule has 0 aliphatic rings. The maximum atomic E-state index is 12.2. The third-order valence-electron chi connectivity index (χ3n) is 2.76. The molecule has 4 nitrogen and oxygen atoms in total. The van der Waals surface area contributed by atoms with Crippen LogP contribution in [0.4, 0.5) is 5.69 Å². The number of carbonyl (C=O) groups is 1. The zero-order valence-electron chi connectivity index (χ0n) is 11.3. The van der Waals surface area contributed by atoms with Crippen molar-refractivity contribution in [2.24, 2.45) is 0 Å². The van der Waals surface area contributed by atoms with Gasteiger partial charge in [0.25, 0.3) is 5.91 Å². The van der Waals surface area contributed by atoms with E-state index in [2.05, 4.69) is 15.6 Å². The first-order valence-electron chi connectivity index (χ1n) is 6.07. The lowest BCUT2D eigenvalue weighted by Gasteiger charge is -2.10. The Morgan fingerprint density at radius 1 is 1.37 bits per heavy atom. The third kappa shape index (κ3) is 3.32. The summed E-state index contributed by atoms with van der Waals surface area (Å²) in [5, 5.41) is 8.83. The first kappa shape index (κ1) is 13.5. The van der Waals surface area contributed by atoms with Crippen LogP contribution < -0.4 is 10.6 Å². The van der Waals surface area contributed by atoms with E-state index in [9.17, 15) is 4.79 Å². The van der Waals surface area contributed by atoms with Crippen LogP contribution in [0.5, 0.6) is 0 Å². The van der Waals surface area contributed by atoms with Crippen molar-refractivity contribution in [1.82, 2.24) is 10.3 Å². The summed E-state index contributed by atoms with van der Waals surface area (Å²) in [6.45, 7) is 4.39. The highest BCUT2D eigenvalue weighted by Gasteiger charge is 2.11. The van der Waals surface area contributed by atoms with Crippen LogP contribution in [0.3, 0.4) is 0 Å². The third-order valence-corrected chi connectivity index (χ3v) is 3.72. The number of aryl methyl sites for hydroxylation is 2. The second-order valence-corrected chi connectivity index (χ2v) is 5.31. The van der Waals surface area contributed by atoms with Crippen molar-refractivity contribution in [3.8, 4) is 0 Å². The van der Waals surface area contributed by atoms with E-state index in [1.165, 1.54) is 0 Å². The van der Waals surface area contributed by atoms with Gasteiger partial charge in [-0.05, 0) is 26.0 Å². The minimum atomic E-state index is -0.0825. The molecule has 0 saturated carbocycles. The van der Waals surface area contributed by atoms with E-state index in [1.807, 2.05) is 44.5 Å². The number of hydrogen-bond donors (Lipinski definition) is 2. The predicted octanol–water partition coefficient (Wildman–Crippen LogP) is 2.73. The average molecular weight is 275 g/mol. The van der Waals surface area contributed by atoms with Gasteiger partial charge in [0.2, 0.25) is 0 Å². The van der Waals surface area contributed by atoms with Crippen molar-refractivity contribution in [3.05, 3.63) is 45.4 Å². The smallest absolute Gasteiger partial charge is 0.253 e. The second kappa shape index (κ2) is 5.84. The van der Waals surface area contributed by atoms with Crippen LogP contribution in [0.15, 0.2) is 23.6 Å². The van der Waals surface area contributed by atoms with Crippen LogP contribution in [0.2, 0.25) is 0 Å². The largest absolute Gasteiger partial charge is 0.387 e. The summed E-state index contributed by atoms with van der Waals surface area (Å²) in [7, 11) is 1.81. The van der Waals surface area contributed by atoms with Crippen molar-refractivity contribution in [2.75, 3.05) is 12.4 Å². The monoisotopic (exact) mass is 275 g/mol. The van der Waals surface area contributed by atoms with Crippen LogP contribution >= 0.6 is 11.3 Å². The Bertz CT molecular complexity index is 592. The Balaban J connectivity index is 2.09. The van der Waals surface area contributed by atoms with Gasteiger partial charge in [-0.25, -0.2) is 4.98 Å². The lowest BCUT2D eigenvalue weighted by molar-refractivity contribution is 0.0951. The first-order valence-corrected chi connectivity index (χ1v) is 6.95. The van der Waals surface area contributed by atoms with E-state index in [1.54, 1.807) is 11.3 Å². The van der Waals surface area contributed by atoms with E-state index < -0.39 is 0 Å². The summed E-state index contributed by atoms with van der Waals surface area (Å²) in [4.78, 5) is 16.5. The highest BCUT2D eigenvalue weighted by Crippen LogP contribution is 2.17. The number of rotatable bonds is 4. The summed E-state index contributed by atoms with van der Waals surface area (Å²) in [5.41, 5.74) is 3.55. The lowest BCUT2D eigenvalue weighted by atomic mass is 10.1. The van der Waals surface area contributed by atoms with Crippen LogP contribution in [-0.4, -0.2) is 17.9 Å². The molecule has 5 heteroatoms. The Morgan fingerprint density at radius 3 is 2.79 bits per heavy atom. The summed E-state index contributed by atoms with van der Waals surface area (Å²) in [5.74, 6) is -0.0825. The van der Waals surface area contributed by atoms with Gasteiger partial charge in [0.1, 0.15) is 5.01 Å². The normalized spacial score (nSPS) is 10.3. The molecule has 2 aromatic rings. The fourth-order valence-electron chi connectivity index (χ4n) is 1.80. The van der Waals surface area contributed by atoms with Crippen LogP contribution in [0.25, 0.3) is 0 Å². The van der Waals surface area contributed by atoms with Gasteiger partial charge < -0.3 is 10.6 Å². The van der Waals surface area contributed by atoms with Gasteiger partial charge in [-0.3, -0.25) is 4.79 Å². The van der Waals surface area contributed by atoms with E-state index in [0.717, 1.165) is 22.0 Å². The highest BCUT2D eigenvalue weighted by atomic mass is 32.1. The van der Waals surface area contributed by atoms with Gasteiger partial charge in [-0.15, -0.1) is 11.3 Å². The molecule has 1 heterocycles. The molecule has 2 N–H and O–H groups in total. The number of thiazole rings is 1. The molecule has 0 aliphatic carbocycles. The number of aromatic nitrogens is 1. The molecule has 0 bridgehead atoms. The van der Waals surface area contributed by atoms with Crippen LogP contribution in [-0.2, 0) is 6.54 Å². The van der Waals surface area contributed by atoms with Gasteiger partial charge in [0.05, 0.1) is 12.1 Å². The Hall–Kier alpha value is -1.88. The standard InChI is InChI=1S/C14H17N3OS/c1-9-4-5-12(15-3)11(6-9)14(18)16-7-13-17-10(2)8-19-13/h4-6,8,15H,7H2,1-3H3,(H,16,18). The second-order valence-electron chi connectivity index (χ2n) is 4.36. The van der Waals surface area contributed by atoms with Gasteiger partial charge in [-0.1, -0.05) is 11.6 Å². The molecule has 0 unspecified atom stereocenters. The number of anilines is 1. The van der Waals surface area contributed by atoms with Crippen molar-refractivity contribution in [3.63, 3.8) is 0 Å². The van der Waals surface area contributed by atoms with E-state index in [4.69, 9.17) is 0 Å².